The first-order valence-corrected chi connectivity index (χ1v) is 10.4. The quantitative estimate of drug-likeness (QED) is 0.395. The maximum Gasteiger partial charge on any atom is 0.152 e. The summed E-state index contributed by atoms with van der Waals surface area (Å²) < 4.78 is 2.24. The van der Waals surface area contributed by atoms with E-state index in [9.17, 15) is 4.79 Å². The number of carbonyl (C=O) groups is 1. The number of fused-ring (bicyclic) bond motifs is 3. The van der Waals surface area contributed by atoms with Crippen LogP contribution in [0.1, 0.15) is 47.1 Å². The van der Waals surface area contributed by atoms with Crippen molar-refractivity contribution in [2.75, 3.05) is 12.8 Å². The number of nitrogen functional groups attached to an aromatic ring is 1. The molecule has 0 amide bonds. The SMILES string of the molecule is CCCCc1nc2c(N)nc3cc(C=O)ccc3c2n1Cc1ccc(CN)cc1.CO. The van der Waals surface area contributed by atoms with Crippen LogP contribution in [-0.4, -0.2) is 33.0 Å². The van der Waals surface area contributed by atoms with Crippen molar-refractivity contribution in [1.82, 2.24) is 14.5 Å². The van der Waals surface area contributed by atoms with Crippen LogP contribution in [0.15, 0.2) is 42.5 Å². The highest BCUT2D eigenvalue weighted by Crippen LogP contribution is 2.30. The Hall–Kier alpha value is -3.29. The summed E-state index contributed by atoms with van der Waals surface area (Å²) in [6.45, 7) is 3.39. The summed E-state index contributed by atoms with van der Waals surface area (Å²) in [6.07, 6.45) is 3.84. The monoisotopic (exact) mass is 419 g/mol. The number of aldehydes is 1. The number of aliphatic hydroxyl groups is 1. The van der Waals surface area contributed by atoms with E-state index in [0.29, 0.717) is 30.0 Å². The van der Waals surface area contributed by atoms with Crippen LogP contribution in [0.4, 0.5) is 5.82 Å². The van der Waals surface area contributed by atoms with Crippen molar-refractivity contribution in [2.24, 2.45) is 5.73 Å². The molecule has 0 radical (unpaired) electrons. The van der Waals surface area contributed by atoms with Crippen molar-refractivity contribution in [3.8, 4) is 0 Å². The van der Waals surface area contributed by atoms with E-state index in [-0.39, 0.29) is 0 Å². The molecule has 0 atom stereocenters. The third-order valence-corrected chi connectivity index (χ3v) is 5.30. The highest BCUT2D eigenvalue weighted by molar-refractivity contribution is 6.07. The van der Waals surface area contributed by atoms with Gasteiger partial charge in [0.2, 0.25) is 0 Å². The number of nitrogens with two attached hydrogens (primary N) is 2. The third kappa shape index (κ3) is 4.57. The average molecular weight is 420 g/mol. The molecule has 4 rings (SSSR count). The summed E-state index contributed by atoms with van der Waals surface area (Å²) in [5.41, 5.74) is 17.3. The van der Waals surface area contributed by atoms with Gasteiger partial charge < -0.3 is 21.1 Å². The van der Waals surface area contributed by atoms with Gasteiger partial charge in [-0.15, -0.1) is 0 Å². The van der Waals surface area contributed by atoms with Crippen LogP contribution in [0.25, 0.3) is 21.9 Å². The molecule has 0 fully saturated rings. The number of anilines is 1. The van der Waals surface area contributed by atoms with E-state index in [2.05, 4.69) is 40.7 Å². The number of hydrogen-bond donors (Lipinski definition) is 3. The molecule has 0 aliphatic carbocycles. The molecule has 2 aromatic carbocycles. The van der Waals surface area contributed by atoms with Gasteiger partial charge in [0.25, 0.3) is 0 Å². The summed E-state index contributed by atoms with van der Waals surface area (Å²) in [5, 5.41) is 7.95. The summed E-state index contributed by atoms with van der Waals surface area (Å²) in [4.78, 5) is 20.6. The Labute approximate surface area is 181 Å². The lowest BCUT2D eigenvalue weighted by Crippen LogP contribution is -2.06. The number of aliphatic hydroxyl groups excluding tert-OH is 1. The Balaban J connectivity index is 0.00000132. The maximum atomic E-state index is 11.2. The highest BCUT2D eigenvalue weighted by Gasteiger charge is 2.17. The lowest BCUT2D eigenvalue weighted by atomic mass is 10.1. The van der Waals surface area contributed by atoms with E-state index in [4.69, 9.17) is 21.6 Å². The fraction of sp³-hybridized carbons (Fsp3) is 0.292. The van der Waals surface area contributed by atoms with Crippen molar-refractivity contribution in [3.63, 3.8) is 0 Å². The number of pyridine rings is 1. The zero-order valence-corrected chi connectivity index (χ0v) is 18.0. The second-order valence-electron chi connectivity index (χ2n) is 7.33. The lowest BCUT2D eigenvalue weighted by Gasteiger charge is -2.12. The number of unbranched alkanes of at least 4 members (excludes halogenated alkanes) is 1. The maximum absolute atomic E-state index is 11.2. The highest BCUT2D eigenvalue weighted by atomic mass is 16.2. The minimum atomic E-state index is 0.394. The van der Waals surface area contributed by atoms with Gasteiger partial charge in [-0.05, 0) is 29.7 Å². The molecule has 31 heavy (non-hydrogen) atoms. The predicted octanol–water partition coefficient (Wildman–Crippen LogP) is 3.44. The van der Waals surface area contributed by atoms with Crippen LogP contribution in [0, 0.1) is 0 Å². The van der Waals surface area contributed by atoms with Crippen LogP contribution in [0.2, 0.25) is 0 Å². The number of rotatable bonds is 7. The Kier molecular flexibility index (Phi) is 7.33. The number of imidazole rings is 1. The number of aryl methyl sites for hydroxylation is 1. The van der Waals surface area contributed by atoms with E-state index < -0.39 is 0 Å². The molecule has 2 aromatic heterocycles. The molecule has 0 aliphatic rings. The van der Waals surface area contributed by atoms with E-state index >= 15 is 0 Å². The first-order valence-electron chi connectivity index (χ1n) is 10.4. The van der Waals surface area contributed by atoms with Gasteiger partial charge in [0, 0.05) is 37.6 Å². The molecule has 162 valence electrons. The summed E-state index contributed by atoms with van der Waals surface area (Å²) >= 11 is 0. The number of nitrogens with zero attached hydrogens (tertiary/aromatic N) is 3. The van der Waals surface area contributed by atoms with Gasteiger partial charge in [-0.25, -0.2) is 9.97 Å². The standard InChI is InChI=1S/C23H25N5O.CH4O/c1-2-3-4-20-27-21-22(28(20)13-16-7-5-15(12-24)6-8-16)18-10-9-17(14-29)11-19(18)26-23(21)25;1-2/h5-11,14H,2-4,12-13,24H2,1H3,(H2,25,26);2H,1H3. The molecule has 4 aromatic rings. The van der Waals surface area contributed by atoms with Gasteiger partial charge in [0.15, 0.2) is 5.82 Å². The normalized spacial score (nSPS) is 10.8. The zero-order valence-electron chi connectivity index (χ0n) is 18.0. The van der Waals surface area contributed by atoms with E-state index in [0.717, 1.165) is 60.5 Å². The second-order valence-corrected chi connectivity index (χ2v) is 7.33. The Morgan fingerprint density at radius 2 is 1.77 bits per heavy atom. The molecular weight excluding hydrogens is 390 g/mol. The van der Waals surface area contributed by atoms with Gasteiger partial charge >= 0.3 is 0 Å². The van der Waals surface area contributed by atoms with Crippen molar-refractivity contribution in [3.05, 3.63) is 65.0 Å². The first kappa shape index (κ1) is 22.4. The smallest absolute Gasteiger partial charge is 0.152 e. The van der Waals surface area contributed by atoms with Gasteiger partial charge in [-0.2, -0.15) is 0 Å². The predicted molar refractivity (Wildman–Crippen MR) is 125 cm³/mol. The fourth-order valence-electron chi connectivity index (χ4n) is 3.71. The molecule has 7 heteroatoms. The van der Waals surface area contributed by atoms with Crippen LogP contribution in [-0.2, 0) is 19.5 Å². The Morgan fingerprint density at radius 3 is 2.42 bits per heavy atom. The fourth-order valence-corrected chi connectivity index (χ4v) is 3.71. The minimum Gasteiger partial charge on any atom is -0.400 e. The average Bonchev–Trinajstić information content (AvgIpc) is 3.18. The van der Waals surface area contributed by atoms with Gasteiger partial charge in [0.05, 0.1) is 11.0 Å². The number of hydrogen-bond acceptors (Lipinski definition) is 6. The zero-order chi connectivity index (χ0) is 22.4. The van der Waals surface area contributed by atoms with Crippen molar-refractivity contribution in [2.45, 2.75) is 39.3 Å². The molecule has 0 saturated heterocycles. The van der Waals surface area contributed by atoms with E-state index in [1.807, 2.05) is 12.1 Å². The lowest BCUT2D eigenvalue weighted by molar-refractivity contribution is 0.112. The Bertz CT molecular complexity index is 1180. The van der Waals surface area contributed by atoms with Gasteiger partial charge in [0.1, 0.15) is 17.6 Å². The molecular formula is C24H29N5O2. The summed E-state index contributed by atoms with van der Waals surface area (Å²) in [7, 11) is 1.00. The first-order chi connectivity index (χ1) is 15.1. The van der Waals surface area contributed by atoms with Crippen molar-refractivity contribution >= 4 is 34.0 Å². The van der Waals surface area contributed by atoms with Crippen molar-refractivity contribution < 1.29 is 9.90 Å². The van der Waals surface area contributed by atoms with E-state index in [1.54, 1.807) is 6.07 Å². The molecule has 0 spiro atoms. The molecule has 0 bridgehead atoms. The van der Waals surface area contributed by atoms with Crippen LogP contribution >= 0.6 is 0 Å². The largest absolute Gasteiger partial charge is 0.400 e. The third-order valence-electron chi connectivity index (χ3n) is 5.30. The summed E-state index contributed by atoms with van der Waals surface area (Å²) in [5.74, 6) is 1.40. The molecule has 5 N–H and O–H groups in total. The van der Waals surface area contributed by atoms with Crippen LogP contribution in [0.3, 0.4) is 0 Å². The molecule has 2 heterocycles. The van der Waals surface area contributed by atoms with Crippen LogP contribution < -0.4 is 11.5 Å². The topological polar surface area (TPSA) is 120 Å². The molecule has 7 nitrogen and oxygen atoms in total. The van der Waals surface area contributed by atoms with Crippen LogP contribution in [0.5, 0.6) is 0 Å². The van der Waals surface area contributed by atoms with Gasteiger partial charge in [-0.3, -0.25) is 4.79 Å². The molecule has 0 aliphatic heterocycles. The second kappa shape index (κ2) is 10.1. The van der Waals surface area contributed by atoms with Crippen molar-refractivity contribution in [1.29, 1.82) is 0 Å². The Morgan fingerprint density at radius 1 is 1.06 bits per heavy atom. The van der Waals surface area contributed by atoms with E-state index in [1.165, 1.54) is 5.56 Å². The van der Waals surface area contributed by atoms with Gasteiger partial charge in [-0.1, -0.05) is 43.7 Å². The summed E-state index contributed by atoms with van der Waals surface area (Å²) in [6, 6.07) is 13.9. The molecule has 0 saturated carbocycles. The minimum absolute atomic E-state index is 0.394. The number of carbonyl (C=O) groups excluding carboxylic acids is 1. The number of aromatic nitrogens is 3. The number of benzene rings is 2. The molecule has 0 unspecified atom stereocenters.